The van der Waals surface area contributed by atoms with Crippen molar-refractivity contribution in [2.45, 2.75) is 77.4 Å². The third-order valence-electron chi connectivity index (χ3n) is 8.05. The van der Waals surface area contributed by atoms with Gasteiger partial charge in [-0.1, -0.05) is 34.1 Å². The van der Waals surface area contributed by atoms with E-state index in [1.807, 2.05) is 0 Å². The molecule has 0 aliphatic heterocycles. The van der Waals surface area contributed by atoms with Crippen LogP contribution in [0.3, 0.4) is 0 Å². The van der Waals surface area contributed by atoms with Gasteiger partial charge in [0.2, 0.25) is 0 Å². The van der Waals surface area contributed by atoms with E-state index in [1.54, 1.807) is 6.26 Å². The molecule has 3 aliphatic rings. The van der Waals surface area contributed by atoms with E-state index in [0.717, 1.165) is 31.4 Å². The molecule has 0 unspecified atom stereocenters. The van der Waals surface area contributed by atoms with Gasteiger partial charge in [-0.05, 0) is 47.6 Å². The average molecular weight is 318 g/mol. The quantitative estimate of drug-likeness (QED) is 0.763. The molecule has 128 valence electrons. The van der Waals surface area contributed by atoms with Gasteiger partial charge in [0.1, 0.15) is 5.76 Å². The molecule has 3 heteroatoms. The molecule has 2 fully saturated rings. The van der Waals surface area contributed by atoms with Crippen LogP contribution in [0.1, 0.15) is 70.6 Å². The van der Waals surface area contributed by atoms with Gasteiger partial charge in [0.05, 0.1) is 18.0 Å². The zero-order valence-corrected chi connectivity index (χ0v) is 14.8. The standard InChI is InChI=1S/C20H30O3/c1-12-13-6-9-23-16(13)10-14-17(12)15(21)11-20(22)18(2,3)7-5-8-19(14,20)4/h6,9,12,14-15,17,21-22H,5,7-8,10-11H2,1-4H3/t12-,14-,15-,17-,19+,20+/m0/s1. The molecule has 1 aromatic heterocycles. The first-order valence-electron chi connectivity index (χ1n) is 9.18. The first-order chi connectivity index (χ1) is 10.7. The first kappa shape index (κ1) is 15.7. The second kappa shape index (κ2) is 4.64. The number of rotatable bonds is 0. The molecule has 2 N–H and O–H groups in total. The summed E-state index contributed by atoms with van der Waals surface area (Å²) in [6.07, 6.45) is 5.94. The first-order valence-corrected chi connectivity index (χ1v) is 9.18. The van der Waals surface area contributed by atoms with Crippen molar-refractivity contribution < 1.29 is 14.6 Å². The summed E-state index contributed by atoms with van der Waals surface area (Å²) in [6.45, 7) is 8.86. The number of aliphatic hydroxyl groups excluding tert-OH is 1. The molecule has 3 nitrogen and oxygen atoms in total. The number of aliphatic hydroxyl groups is 2. The Labute approximate surface area is 139 Å². The summed E-state index contributed by atoms with van der Waals surface area (Å²) in [4.78, 5) is 0. The topological polar surface area (TPSA) is 53.6 Å². The highest BCUT2D eigenvalue weighted by atomic mass is 16.3. The van der Waals surface area contributed by atoms with E-state index >= 15 is 0 Å². The second-order valence-corrected chi connectivity index (χ2v) is 9.26. The summed E-state index contributed by atoms with van der Waals surface area (Å²) in [6, 6.07) is 2.07. The van der Waals surface area contributed by atoms with E-state index in [4.69, 9.17) is 4.42 Å². The maximum atomic E-state index is 11.8. The molecular weight excluding hydrogens is 288 g/mol. The number of furan rings is 1. The highest BCUT2D eigenvalue weighted by Crippen LogP contribution is 2.66. The van der Waals surface area contributed by atoms with Gasteiger partial charge in [-0.2, -0.15) is 0 Å². The lowest BCUT2D eigenvalue weighted by atomic mass is 9.41. The predicted molar refractivity (Wildman–Crippen MR) is 89.1 cm³/mol. The molecule has 0 saturated heterocycles. The average Bonchev–Trinajstić information content (AvgIpc) is 2.92. The lowest BCUT2D eigenvalue weighted by molar-refractivity contribution is -0.263. The minimum absolute atomic E-state index is 0.154. The van der Waals surface area contributed by atoms with Crippen LogP contribution in [0.25, 0.3) is 0 Å². The Balaban J connectivity index is 1.84. The van der Waals surface area contributed by atoms with Gasteiger partial charge in [-0.15, -0.1) is 0 Å². The van der Waals surface area contributed by atoms with Crippen molar-refractivity contribution in [3.63, 3.8) is 0 Å². The van der Waals surface area contributed by atoms with E-state index < -0.39 is 11.7 Å². The van der Waals surface area contributed by atoms with Gasteiger partial charge >= 0.3 is 0 Å². The molecule has 23 heavy (non-hydrogen) atoms. The Kier molecular flexibility index (Phi) is 3.17. The molecule has 0 aromatic carbocycles. The van der Waals surface area contributed by atoms with Crippen molar-refractivity contribution in [1.82, 2.24) is 0 Å². The Morgan fingerprint density at radius 1 is 1.22 bits per heavy atom. The fourth-order valence-corrected chi connectivity index (χ4v) is 6.59. The smallest absolute Gasteiger partial charge is 0.107 e. The van der Waals surface area contributed by atoms with Crippen LogP contribution in [0.4, 0.5) is 0 Å². The maximum Gasteiger partial charge on any atom is 0.107 e. The molecule has 0 amide bonds. The van der Waals surface area contributed by atoms with Gasteiger partial charge in [0, 0.05) is 18.3 Å². The zero-order valence-electron chi connectivity index (χ0n) is 14.8. The SMILES string of the molecule is C[C@H]1c2ccoc2C[C@H]2[C@H]1[C@@H](O)C[C@@]1(O)C(C)(C)CCC[C@]21C. The number of hydrogen-bond acceptors (Lipinski definition) is 3. The Morgan fingerprint density at radius 2 is 1.96 bits per heavy atom. The second-order valence-electron chi connectivity index (χ2n) is 9.26. The summed E-state index contributed by atoms with van der Waals surface area (Å²) < 4.78 is 5.76. The van der Waals surface area contributed by atoms with E-state index in [0.29, 0.717) is 12.3 Å². The Morgan fingerprint density at radius 3 is 2.70 bits per heavy atom. The van der Waals surface area contributed by atoms with Crippen molar-refractivity contribution >= 4 is 0 Å². The summed E-state index contributed by atoms with van der Waals surface area (Å²) in [5.41, 5.74) is 0.146. The molecule has 4 rings (SSSR count). The molecular formula is C20H30O3. The van der Waals surface area contributed by atoms with Crippen molar-refractivity contribution in [1.29, 1.82) is 0 Å². The molecule has 3 aliphatic carbocycles. The van der Waals surface area contributed by atoms with Gasteiger partial charge in [0.25, 0.3) is 0 Å². The molecule has 1 aromatic rings. The summed E-state index contributed by atoms with van der Waals surface area (Å²) in [7, 11) is 0. The molecule has 6 atom stereocenters. The normalized spacial score (nSPS) is 48.3. The van der Waals surface area contributed by atoms with Gasteiger partial charge < -0.3 is 14.6 Å². The Bertz CT molecular complexity index is 618. The summed E-state index contributed by atoms with van der Waals surface area (Å²) in [5, 5.41) is 22.8. The van der Waals surface area contributed by atoms with Crippen molar-refractivity contribution in [3.8, 4) is 0 Å². The van der Waals surface area contributed by atoms with Crippen LogP contribution < -0.4 is 0 Å². The molecule has 1 heterocycles. The molecule has 2 saturated carbocycles. The Hall–Kier alpha value is -0.800. The van der Waals surface area contributed by atoms with Crippen LogP contribution in [0, 0.1) is 22.7 Å². The van der Waals surface area contributed by atoms with E-state index in [9.17, 15) is 10.2 Å². The van der Waals surface area contributed by atoms with Crippen molar-refractivity contribution in [2.24, 2.45) is 22.7 Å². The van der Waals surface area contributed by atoms with Crippen LogP contribution in [0.2, 0.25) is 0 Å². The van der Waals surface area contributed by atoms with Crippen LogP contribution in [0.15, 0.2) is 16.7 Å². The van der Waals surface area contributed by atoms with Crippen LogP contribution in [0.5, 0.6) is 0 Å². The maximum absolute atomic E-state index is 11.8. The van der Waals surface area contributed by atoms with Crippen LogP contribution in [-0.2, 0) is 6.42 Å². The number of fused-ring (bicyclic) bond motifs is 4. The minimum atomic E-state index is -0.803. The molecule has 0 spiro atoms. The van der Waals surface area contributed by atoms with Crippen molar-refractivity contribution in [2.75, 3.05) is 0 Å². The monoisotopic (exact) mass is 318 g/mol. The molecule has 0 radical (unpaired) electrons. The lowest BCUT2D eigenvalue weighted by Gasteiger charge is -2.66. The van der Waals surface area contributed by atoms with Gasteiger partial charge in [-0.3, -0.25) is 0 Å². The van der Waals surface area contributed by atoms with Crippen molar-refractivity contribution in [3.05, 3.63) is 23.7 Å². The third kappa shape index (κ3) is 1.78. The fourth-order valence-electron chi connectivity index (χ4n) is 6.59. The van der Waals surface area contributed by atoms with Gasteiger partial charge in [-0.25, -0.2) is 0 Å². The molecule has 0 bridgehead atoms. The van der Waals surface area contributed by atoms with E-state index in [1.165, 1.54) is 5.56 Å². The van der Waals surface area contributed by atoms with E-state index in [2.05, 4.69) is 33.8 Å². The fraction of sp³-hybridized carbons (Fsp3) is 0.800. The predicted octanol–water partition coefficient (Wildman–Crippen LogP) is 3.88. The minimum Gasteiger partial charge on any atom is -0.469 e. The van der Waals surface area contributed by atoms with Gasteiger partial charge in [0.15, 0.2) is 0 Å². The number of hydrogen-bond donors (Lipinski definition) is 2. The zero-order chi connectivity index (χ0) is 16.6. The van der Waals surface area contributed by atoms with E-state index in [-0.39, 0.29) is 22.7 Å². The largest absolute Gasteiger partial charge is 0.469 e. The summed E-state index contributed by atoms with van der Waals surface area (Å²) in [5.74, 6) is 1.87. The van der Waals surface area contributed by atoms with Crippen LogP contribution in [-0.4, -0.2) is 21.9 Å². The third-order valence-corrected chi connectivity index (χ3v) is 8.05. The summed E-state index contributed by atoms with van der Waals surface area (Å²) >= 11 is 0. The van der Waals surface area contributed by atoms with Crippen LogP contribution >= 0.6 is 0 Å². The highest BCUT2D eigenvalue weighted by molar-refractivity contribution is 5.30. The lowest BCUT2D eigenvalue weighted by Crippen LogP contribution is -2.69. The highest BCUT2D eigenvalue weighted by Gasteiger charge is 2.67.